The van der Waals surface area contributed by atoms with E-state index in [0.717, 1.165) is 21.2 Å². The predicted octanol–water partition coefficient (Wildman–Crippen LogP) is 3.19. The van der Waals surface area contributed by atoms with Crippen LogP contribution >= 0.6 is 15.9 Å². The van der Waals surface area contributed by atoms with E-state index >= 15 is 0 Å². The average Bonchev–Trinajstić information content (AvgIpc) is 2.78. The number of methoxy groups -OCH3 is 1. The molecule has 3 aromatic rings. The Morgan fingerprint density at radius 1 is 1.17 bits per heavy atom. The fourth-order valence-electron chi connectivity index (χ4n) is 1.84. The fourth-order valence-corrected chi connectivity index (χ4v) is 2.10. The Kier molecular flexibility index (Phi) is 2.76. The van der Waals surface area contributed by atoms with Crippen molar-refractivity contribution in [2.75, 3.05) is 7.11 Å². The molecular weight excluding hydrogens is 294 g/mol. The largest absolute Gasteiger partial charge is 0.479 e. The van der Waals surface area contributed by atoms with E-state index in [1.165, 1.54) is 0 Å². The lowest BCUT2D eigenvalue weighted by Gasteiger charge is -2.05. The highest BCUT2D eigenvalue weighted by atomic mass is 79.9. The minimum Gasteiger partial charge on any atom is -0.479 e. The summed E-state index contributed by atoms with van der Waals surface area (Å²) in [6.45, 7) is 0. The molecule has 90 valence electrons. The van der Waals surface area contributed by atoms with Gasteiger partial charge in [-0.05, 0) is 36.4 Å². The van der Waals surface area contributed by atoms with Crippen LogP contribution in [0, 0.1) is 0 Å². The van der Waals surface area contributed by atoms with Crippen LogP contribution in [-0.2, 0) is 0 Å². The summed E-state index contributed by atoms with van der Waals surface area (Å²) < 4.78 is 8.19. The Bertz CT molecular complexity index is 691. The van der Waals surface area contributed by atoms with Crippen LogP contribution in [0.3, 0.4) is 0 Å². The van der Waals surface area contributed by atoms with Crippen molar-refractivity contribution in [1.82, 2.24) is 14.8 Å². The average molecular weight is 304 g/mol. The van der Waals surface area contributed by atoms with Gasteiger partial charge in [0.05, 0.1) is 12.8 Å². The van der Waals surface area contributed by atoms with Crippen molar-refractivity contribution >= 4 is 27.0 Å². The van der Waals surface area contributed by atoms with Crippen LogP contribution in [0.2, 0.25) is 0 Å². The van der Waals surface area contributed by atoms with Gasteiger partial charge in [0.1, 0.15) is 5.52 Å². The van der Waals surface area contributed by atoms with Crippen molar-refractivity contribution in [3.8, 4) is 11.6 Å². The van der Waals surface area contributed by atoms with Crippen LogP contribution < -0.4 is 4.74 Å². The second-order valence-electron chi connectivity index (χ2n) is 3.77. The SMILES string of the molecule is COc1c2ncccc2nn1-c1ccc(Br)cc1. The summed E-state index contributed by atoms with van der Waals surface area (Å²) in [7, 11) is 1.63. The van der Waals surface area contributed by atoms with Gasteiger partial charge in [-0.1, -0.05) is 15.9 Å². The fraction of sp³-hybridized carbons (Fsp3) is 0.0769. The van der Waals surface area contributed by atoms with E-state index in [0.29, 0.717) is 5.88 Å². The molecule has 4 nitrogen and oxygen atoms in total. The summed E-state index contributed by atoms with van der Waals surface area (Å²) in [6, 6.07) is 11.7. The Hall–Kier alpha value is -1.88. The Labute approximate surface area is 112 Å². The maximum atomic E-state index is 5.41. The summed E-state index contributed by atoms with van der Waals surface area (Å²) in [5.74, 6) is 0.646. The molecule has 0 bridgehead atoms. The summed E-state index contributed by atoms with van der Waals surface area (Å²) in [5.41, 5.74) is 2.52. The first-order chi connectivity index (χ1) is 8.79. The molecule has 0 amide bonds. The second kappa shape index (κ2) is 4.42. The number of pyridine rings is 1. The van der Waals surface area contributed by atoms with Crippen LogP contribution in [-0.4, -0.2) is 21.9 Å². The van der Waals surface area contributed by atoms with Crippen molar-refractivity contribution in [3.63, 3.8) is 0 Å². The lowest BCUT2D eigenvalue weighted by molar-refractivity contribution is 0.387. The van der Waals surface area contributed by atoms with Crippen LogP contribution in [0.15, 0.2) is 47.1 Å². The summed E-state index contributed by atoms with van der Waals surface area (Å²) in [6.07, 6.45) is 1.73. The maximum Gasteiger partial charge on any atom is 0.243 e. The number of aromatic nitrogens is 3. The van der Waals surface area contributed by atoms with Crippen molar-refractivity contribution in [2.45, 2.75) is 0 Å². The molecule has 1 aromatic carbocycles. The molecule has 5 heteroatoms. The van der Waals surface area contributed by atoms with Gasteiger partial charge < -0.3 is 4.74 Å². The Balaban J connectivity index is 2.25. The number of rotatable bonds is 2. The highest BCUT2D eigenvalue weighted by molar-refractivity contribution is 9.10. The molecule has 0 aliphatic carbocycles. The van der Waals surface area contributed by atoms with Crippen LogP contribution in [0.4, 0.5) is 0 Å². The zero-order valence-corrected chi connectivity index (χ0v) is 11.3. The van der Waals surface area contributed by atoms with E-state index in [1.54, 1.807) is 18.0 Å². The second-order valence-corrected chi connectivity index (χ2v) is 4.68. The van der Waals surface area contributed by atoms with Crippen LogP contribution in [0.5, 0.6) is 5.88 Å². The third kappa shape index (κ3) is 1.76. The monoisotopic (exact) mass is 303 g/mol. The molecule has 0 unspecified atom stereocenters. The number of fused-ring (bicyclic) bond motifs is 1. The first-order valence-electron chi connectivity index (χ1n) is 5.43. The van der Waals surface area contributed by atoms with Gasteiger partial charge in [0, 0.05) is 10.7 Å². The molecule has 0 saturated carbocycles. The lowest BCUT2D eigenvalue weighted by Crippen LogP contribution is -1.99. The molecule has 2 aromatic heterocycles. The zero-order valence-electron chi connectivity index (χ0n) is 9.67. The van der Waals surface area contributed by atoms with Gasteiger partial charge in [0.15, 0.2) is 5.52 Å². The third-order valence-electron chi connectivity index (χ3n) is 2.65. The van der Waals surface area contributed by atoms with E-state index in [-0.39, 0.29) is 0 Å². The summed E-state index contributed by atoms with van der Waals surface area (Å²) >= 11 is 3.41. The number of benzene rings is 1. The Morgan fingerprint density at radius 3 is 2.67 bits per heavy atom. The van der Waals surface area contributed by atoms with Gasteiger partial charge in [-0.3, -0.25) is 0 Å². The quantitative estimate of drug-likeness (QED) is 0.730. The predicted molar refractivity (Wildman–Crippen MR) is 73.1 cm³/mol. The van der Waals surface area contributed by atoms with E-state index in [1.807, 2.05) is 36.4 Å². The first-order valence-corrected chi connectivity index (χ1v) is 6.22. The maximum absolute atomic E-state index is 5.41. The van der Waals surface area contributed by atoms with Crippen LogP contribution in [0.25, 0.3) is 16.7 Å². The minimum absolute atomic E-state index is 0.646. The number of hydrogen-bond acceptors (Lipinski definition) is 3. The third-order valence-corrected chi connectivity index (χ3v) is 3.18. The van der Waals surface area contributed by atoms with E-state index in [2.05, 4.69) is 26.0 Å². The van der Waals surface area contributed by atoms with E-state index in [4.69, 9.17) is 4.74 Å². The van der Waals surface area contributed by atoms with Crippen molar-refractivity contribution < 1.29 is 4.74 Å². The van der Waals surface area contributed by atoms with Gasteiger partial charge in [-0.25, -0.2) is 4.98 Å². The van der Waals surface area contributed by atoms with E-state index < -0.39 is 0 Å². The highest BCUT2D eigenvalue weighted by Crippen LogP contribution is 2.26. The Morgan fingerprint density at radius 2 is 1.94 bits per heavy atom. The molecule has 0 atom stereocenters. The number of nitrogens with zero attached hydrogens (tertiary/aromatic N) is 3. The molecule has 0 aliphatic heterocycles. The lowest BCUT2D eigenvalue weighted by atomic mass is 10.3. The summed E-state index contributed by atoms with van der Waals surface area (Å²) in [5, 5.41) is 4.50. The first kappa shape index (κ1) is 11.2. The molecule has 0 aliphatic rings. The van der Waals surface area contributed by atoms with Gasteiger partial charge >= 0.3 is 0 Å². The minimum atomic E-state index is 0.646. The molecule has 0 N–H and O–H groups in total. The molecule has 0 fully saturated rings. The molecule has 0 saturated heterocycles. The normalized spacial score (nSPS) is 10.8. The topological polar surface area (TPSA) is 39.9 Å². The van der Waals surface area contributed by atoms with Gasteiger partial charge in [0.2, 0.25) is 5.88 Å². The molecule has 3 rings (SSSR count). The highest BCUT2D eigenvalue weighted by Gasteiger charge is 2.13. The number of halogens is 1. The smallest absolute Gasteiger partial charge is 0.243 e. The molecular formula is C13H10BrN3O. The van der Waals surface area contributed by atoms with Gasteiger partial charge in [-0.15, -0.1) is 0 Å². The van der Waals surface area contributed by atoms with Gasteiger partial charge in [-0.2, -0.15) is 9.78 Å². The number of ether oxygens (including phenoxy) is 1. The van der Waals surface area contributed by atoms with Gasteiger partial charge in [0.25, 0.3) is 0 Å². The number of hydrogen-bond donors (Lipinski definition) is 0. The summed E-state index contributed by atoms with van der Waals surface area (Å²) in [4.78, 5) is 4.30. The van der Waals surface area contributed by atoms with Crippen molar-refractivity contribution in [2.24, 2.45) is 0 Å². The van der Waals surface area contributed by atoms with Crippen molar-refractivity contribution in [3.05, 3.63) is 47.1 Å². The van der Waals surface area contributed by atoms with E-state index in [9.17, 15) is 0 Å². The molecule has 0 spiro atoms. The molecule has 18 heavy (non-hydrogen) atoms. The van der Waals surface area contributed by atoms with Crippen LogP contribution in [0.1, 0.15) is 0 Å². The molecule has 2 heterocycles. The van der Waals surface area contributed by atoms with Crippen molar-refractivity contribution in [1.29, 1.82) is 0 Å². The molecule has 0 radical (unpaired) electrons. The zero-order chi connectivity index (χ0) is 12.5. The standard InChI is InChI=1S/C13H10BrN3O/c1-18-13-12-11(3-2-8-15-12)16-17(13)10-6-4-9(14)5-7-10/h2-8H,1H3.